The number of amides is 3. The predicted molar refractivity (Wildman–Crippen MR) is 146 cm³/mol. The number of hydrogen-bond donors (Lipinski definition) is 7. The number of carboxylic acid groups (broad SMARTS) is 1. The zero-order valence-electron chi connectivity index (χ0n) is 21.8. The van der Waals surface area contributed by atoms with Crippen LogP contribution in [0.5, 0.6) is 0 Å². The highest BCUT2D eigenvalue weighted by molar-refractivity contribution is 7.80. The molecule has 1 aromatic heterocycles. The molecule has 5 atom stereocenters. The molecule has 2 rings (SSSR count). The van der Waals surface area contributed by atoms with E-state index in [0.717, 1.165) is 16.5 Å². The van der Waals surface area contributed by atoms with E-state index in [4.69, 9.17) is 5.73 Å². The van der Waals surface area contributed by atoms with Crippen LogP contribution in [-0.4, -0.2) is 63.7 Å². The minimum atomic E-state index is -1.20. The molecule has 10 nitrogen and oxygen atoms in total. The quantitative estimate of drug-likeness (QED) is 0.182. The number of hydrogen-bond acceptors (Lipinski definition) is 6. The molecule has 1 aromatic carbocycles. The summed E-state index contributed by atoms with van der Waals surface area (Å²) in [6.07, 6.45) is 2.77. The third-order valence-corrected chi connectivity index (χ3v) is 6.79. The number of para-hydroxylation sites is 1. The van der Waals surface area contributed by atoms with Crippen LogP contribution in [0, 0.1) is 11.8 Å². The van der Waals surface area contributed by atoms with Crippen LogP contribution in [0.15, 0.2) is 30.5 Å². The van der Waals surface area contributed by atoms with Crippen molar-refractivity contribution < 1.29 is 24.3 Å². The average Bonchev–Trinajstić information content (AvgIpc) is 3.27. The molecule has 0 radical (unpaired) electrons. The van der Waals surface area contributed by atoms with Crippen molar-refractivity contribution in [1.82, 2.24) is 20.9 Å². The zero-order valence-corrected chi connectivity index (χ0v) is 22.7. The van der Waals surface area contributed by atoms with E-state index < -0.39 is 47.9 Å². The molecule has 0 aliphatic rings. The van der Waals surface area contributed by atoms with E-state index in [1.807, 2.05) is 52.0 Å². The van der Waals surface area contributed by atoms with Gasteiger partial charge in [0.1, 0.15) is 18.1 Å². The zero-order chi connectivity index (χ0) is 27.7. The molecule has 1 heterocycles. The van der Waals surface area contributed by atoms with Crippen molar-refractivity contribution in [3.05, 3.63) is 36.0 Å². The lowest BCUT2D eigenvalue weighted by Gasteiger charge is -2.26. The first-order valence-electron chi connectivity index (χ1n) is 12.5. The summed E-state index contributed by atoms with van der Waals surface area (Å²) in [6, 6.07) is 3.50. The number of carbonyl (C=O) groups excluding carboxylic acids is 3. The van der Waals surface area contributed by atoms with Gasteiger partial charge in [0, 0.05) is 29.3 Å². The molecule has 37 heavy (non-hydrogen) atoms. The monoisotopic (exact) mass is 533 g/mol. The Labute approximate surface area is 222 Å². The van der Waals surface area contributed by atoms with Crippen molar-refractivity contribution in [2.45, 2.75) is 71.1 Å². The third-order valence-electron chi connectivity index (χ3n) is 6.43. The van der Waals surface area contributed by atoms with Gasteiger partial charge in [-0.15, -0.1) is 0 Å². The molecule has 5 unspecified atom stereocenters. The maximum absolute atomic E-state index is 13.2. The number of aromatic nitrogens is 1. The molecule has 0 fully saturated rings. The van der Waals surface area contributed by atoms with Gasteiger partial charge in [-0.2, -0.15) is 12.6 Å². The van der Waals surface area contributed by atoms with Gasteiger partial charge in [-0.3, -0.25) is 14.4 Å². The minimum Gasteiger partial charge on any atom is -0.480 e. The van der Waals surface area contributed by atoms with Gasteiger partial charge in [0.2, 0.25) is 17.7 Å². The van der Waals surface area contributed by atoms with Crippen molar-refractivity contribution in [1.29, 1.82) is 0 Å². The Morgan fingerprint density at radius 1 is 0.973 bits per heavy atom. The molecule has 0 aliphatic heterocycles. The lowest BCUT2D eigenvalue weighted by Crippen LogP contribution is -2.58. The summed E-state index contributed by atoms with van der Waals surface area (Å²) in [5.41, 5.74) is 7.59. The molecule has 0 aliphatic carbocycles. The molecule has 11 heteroatoms. The molecule has 0 spiro atoms. The molecule has 0 bridgehead atoms. The number of aliphatic carboxylic acids is 1. The first-order valence-corrected chi connectivity index (χ1v) is 13.2. The first kappa shape index (κ1) is 30.2. The molecule has 3 amide bonds. The smallest absolute Gasteiger partial charge is 0.326 e. The van der Waals surface area contributed by atoms with E-state index in [-0.39, 0.29) is 30.4 Å². The molecule has 2 aromatic rings. The number of carbonyl (C=O) groups is 4. The Balaban J connectivity index is 2.13. The Hall–Kier alpha value is -3.05. The van der Waals surface area contributed by atoms with Crippen LogP contribution < -0.4 is 21.7 Å². The second-order valence-electron chi connectivity index (χ2n) is 9.81. The van der Waals surface area contributed by atoms with E-state index in [1.165, 1.54) is 0 Å². The van der Waals surface area contributed by atoms with Crippen LogP contribution in [0.2, 0.25) is 0 Å². The van der Waals surface area contributed by atoms with E-state index in [0.29, 0.717) is 6.42 Å². The molecule has 7 N–H and O–H groups in total. The second kappa shape index (κ2) is 14.0. The highest BCUT2D eigenvalue weighted by Crippen LogP contribution is 2.19. The fraction of sp³-hybridized carbons (Fsp3) is 0.538. The van der Waals surface area contributed by atoms with E-state index >= 15 is 0 Å². The minimum absolute atomic E-state index is 0.000862. The topological polar surface area (TPSA) is 166 Å². The van der Waals surface area contributed by atoms with E-state index in [1.54, 1.807) is 6.20 Å². The number of nitrogens with two attached hydrogens (primary N) is 1. The van der Waals surface area contributed by atoms with Crippen LogP contribution in [0.4, 0.5) is 0 Å². The maximum atomic E-state index is 13.2. The molecular formula is C26H39N5O5S. The summed E-state index contributed by atoms with van der Waals surface area (Å²) in [7, 11) is 0. The lowest BCUT2D eigenvalue weighted by atomic mass is 9.99. The number of fused-ring (bicyclic) bond motifs is 1. The standard InChI is InChI=1S/C26H39N5O5S/c1-5-15(4)22(27)25(34)31-21(13-37)24(33)29-19(10-14(2)3)23(32)30-20(26(35)36)11-16-12-28-18-9-7-6-8-17(16)18/h6-9,12,14-15,19-22,28,37H,5,10-11,13,27H2,1-4H3,(H,29,33)(H,30,32)(H,31,34)(H,35,36). The fourth-order valence-electron chi connectivity index (χ4n) is 3.94. The van der Waals surface area contributed by atoms with E-state index in [9.17, 15) is 24.3 Å². The number of benzene rings is 1. The molecule has 204 valence electrons. The number of H-pyrrole nitrogens is 1. The van der Waals surface area contributed by atoms with Crippen molar-refractivity contribution >= 4 is 47.2 Å². The normalized spacial score (nSPS) is 15.4. The van der Waals surface area contributed by atoms with Gasteiger partial charge in [-0.25, -0.2) is 4.79 Å². The van der Waals surface area contributed by atoms with Gasteiger partial charge in [-0.05, 0) is 29.9 Å². The Morgan fingerprint density at radius 3 is 2.16 bits per heavy atom. The van der Waals surface area contributed by atoms with E-state index in [2.05, 4.69) is 33.6 Å². The summed E-state index contributed by atoms with van der Waals surface area (Å²) in [6.45, 7) is 7.53. The van der Waals surface area contributed by atoms with Gasteiger partial charge >= 0.3 is 5.97 Å². The third kappa shape index (κ3) is 8.50. The summed E-state index contributed by atoms with van der Waals surface area (Å²) in [4.78, 5) is 53.7. The van der Waals surface area contributed by atoms with Crippen LogP contribution in [0.3, 0.4) is 0 Å². The van der Waals surface area contributed by atoms with Crippen LogP contribution >= 0.6 is 12.6 Å². The van der Waals surface area contributed by atoms with Crippen molar-refractivity contribution in [3.8, 4) is 0 Å². The lowest BCUT2D eigenvalue weighted by molar-refractivity contribution is -0.142. The Morgan fingerprint density at radius 2 is 1.57 bits per heavy atom. The van der Waals surface area contributed by atoms with Gasteiger partial charge in [0.25, 0.3) is 0 Å². The fourth-order valence-corrected chi connectivity index (χ4v) is 4.20. The summed E-state index contributed by atoms with van der Waals surface area (Å²) in [5, 5.41) is 18.5. The second-order valence-corrected chi connectivity index (χ2v) is 10.2. The molecule has 0 saturated carbocycles. The number of thiol groups is 1. The SMILES string of the molecule is CCC(C)C(N)C(=O)NC(CS)C(=O)NC(CC(C)C)C(=O)NC(Cc1c[nH]c2ccccc12)C(=O)O. The Bertz CT molecular complexity index is 1090. The Kier molecular flexibility index (Phi) is 11.4. The van der Waals surface area contributed by atoms with Crippen molar-refractivity contribution in [3.63, 3.8) is 0 Å². The van der Waals surface area contributed by atoms with Crippen molar-refractivity contribution in [2.75, 3.05) is 5.75 Å². The molecular weight excluding hydrogens is 494 g/mol. The average molecular weight is 534 g/mol. The number of carboxylic acids is 1. The van der Waals surface area contributed by atoms with Gasteiger partial charge < -0.3 is 31.8 Å². The number of aromatic amines is 1. The first-order chi connectivity index (χ1) is 17.5. The highest BCUT2D eigenvalue weighted by atomic mass is 32.1. The van der Waals surface area contributed by atoms with Crippen LogP contribution in [-0.2, 0) is 25.6 Å². The number of rotatable bonds is 14. The van der Waals surface area contributed by atoms with Crippen LogP contribution in [0.1, 0.15) is 46.1 Å². The van der Waals surface area contributed by atoms with Gasteiger partial charge in [0.05, 0.1) is 6.04 Å². The highest BCUT2D eigenvalue weighted by Gasteiger charge is 2.31. The predicted octanol–water partition coefficient (Wildman–Crippen LogP) is 1.60. The maximum Gasteiger partial charge on any atom is 0.326 e. The summed E-state index contributed by atoms with van der Waals surface area (Å²) >= 11 is 4.18. The summed E-state index contributed by atoms with van der Waals surface area (Å²) in [5.74, 6) is -2.92. The van der Waals surface area contributed by atoms with Crippen molar-refractivity contribution in [2.24, 2.45) is 17.6 Å². The number of nitrogens with one attached hydrogen (secondary N) is 4. The van der Waals surface area contributed by atoms with Gasteiger partial charge in [-0.1, -0.05) is 52.3 Å². The largest absolute Gasteiger partial charge is 0.480 e. The van der Waals surface area contributed by atoms with Gasteiger partial charge in [0.15, 0.2) is 0 Å². The summed E-state index contributed by atoms with van der Waals surface area (Å²) < 4.78 is 0. The van der Waals surface area contributed by atoms with Crippen LogP contribution in [0.25, 0.3) is 10.9 Å². The molecule has 0 saturated heterocycles.